The zero-order valence-corrected chi connectivity index (χ0v) is 22.8. The van der Waals surface area contributed by atoms with Crippen LogP contribution in [0.2, 0.25) is 0 Å². The van der Waals surface area contributed by atoms with Gasteiger partial charge in [0.05, 0.1) is 12.6 Å². The van der Waals surface area contributed by atoms with Crippen LogP contribution in [0.15, 0.2) is 48.5 Å². The minimum absolute atomic E-state index is 0.0938. The Morgan fingerprint density at radius 3 is 2.73 bits per heavy atom. The first-order valence-electron chi connectivity index (χ1n) is 13.0. The van der Waals surface area contributed by atoms with E-state index in [1.54, 1.807) is 16.0 Å². The minimum atomic E-state index is -0.157. The molecule has 1 aliphatic rings. The first-order chi connectivity index (χ1) is 18.0. The topological polar surface area (TPSA) is 89.3 Å². The van der Waals surface area contributed by atoms with Gasteiger partial charge >= 0.3 is 5.97 Å². The van der Waals surface area contributed by atoms with E-state index >= 15 is 0 Å². The fourth-order valence-corrected chi connectivity index (χ4v) is 5.77. The van der Waals surface area contributed by atoms with E-state index in [4.69, 9.17) is 9.72 Å². The number of hydrogen-bond donors (Lipinski definition) is 0. The highest BCUT2D eigenvalue weighted by Crippen LogP contribution is 2.35. The SMILES string of the molecule is C=CCN1C[C@H](C)N([C@@H](c2ccc(-c3nnnn3CCCCC(=O)OCC)cc2)c2nccs2)C[C@H]1C. The highest BCUT2D eigenvalue weighted by molar-refractivity contribution is 7.09. The summed E-state index contributed by atoms with van der Waals surface area (Å²) in [4.78, 5) is 21.4. The van der Waals surface area contributed by atoms with E-state index in [0.717, 1.165) is 48.9 Å². The summed E-state index contributed by atoms with van der Waals surface area (Å²) >= 11 is 1.70. The van der Waals surface area contributed by atoms with Crippen molar-refractivity contribution in [2.45, 2.75) is 64.7 Å². The molecular weight excluding hydrogens is 486 g/mol. The van der Waals surface area contributed by atoms with Crippen molar-refractivity contribution in [1.29, 1.82) is 0 Å². The quantitative estimate of drug-likeness (QED) is 0.198. The summed E-state index contributed by atoms with van der Waals surface area (Å²) in [6, 6.07) is 9.45. The number of aromatic nitrogens is 5. The maximum Gasteiger partial charge on any atom is 0.305 e. The number of thiazole rings is 1. The van der Waals surface area contributed by atoms with Crippen LogP contribution < -0.4 is 0 Å². The van der Waals surface area contributed by atoms with Gasteiger partial charge in [-0.2, -0.15) is 0 Å². The molecule has 0 amide bonds. The second-order valence-corrected chi connectivity index (χ2v) is 10.4. The number of carbonyl (C=O) groups excluding carboxylic acids is 1. The Bertz CT molecular complexity index is 1130. The molecule has 0 bridgehead atoms. The third-order valence-electron chi connectivity index (χ3n) is 6.87. The Kier molecular flexibility index (Phi) is 9.54. The maximum atomic E-state index is 11.6. The van der Waals surface area contributed by atoms with Gasteiger partial charge in [0.2, 0.25) is 0 Å². The number of esters is 1. The fourth-order valence-electron chi connectivity index (χ4n) is 4.99. The number of hydrogen-bond acceptors (Lipinski definition) is 9. The molecule has 1 aliphatic heterocycles. The predicted molar refractivity (Wildman–Crippen MR) is 145 cm³/mol. The second-order valence-electron chi connectivity index (χ2n) is 9.52. The van der Waals surface area contributed by atoms with Gasteiger partial charge in [-0.3, -0.25) is 14.6 Å². The van der Waals surface area contributed by atoms with Crippen molar-refractivity contribution >= 4 is 17.3 Å². The molecule has 0 unspecified atom stereocenters. The molecular formula is C27H37N7O2S. The molecule has 37 heavy (non-hydrogen) atoms. The number of tetrazole rings is 1. The lowest BCUT2D eigenvalue weighted by Gasteiger charge is -2.46. The Morgan fingerprint density at radius 1 is 1.22 bits per heavy atom. The van der Waals surface area contributed by atoms with Gasteiger partial charge in [0, 0.05) is 61.8 Å². The van der Waals surface area contributed by atoms with Crippen molar-refractivity contribution in [1.82, 2.24) is 35.0 Å². The molecule has 0 saturated carbocycles. The Labute approximate surface area is 223 Å². The van der Waals surface area contributed by atoms with Crippen LogP contribution in [0.5, 0.6) is 0 Å². The van der Waals surface area contributed by atoms with Crippen molar-refractivity contribution in [3.05, 3.63) is 59.1 Å². The Morgan fingerprint density at radius 2 is 2.03 bits per heavy atom. The van der Waals surface area contributed by atoms with E-state index in [-0.39, 0.29) is 12.0 Å². The van der Waals surface area contributed by atoms with Gasteiger partial charge in [-0.05, 0) is 49.6 Å². The van der Waals surface area contributed by atoms with E-state index in [9.17, 15) is 4.79 Å². The summed E-state index contributed by atoms with van der Waals surface area (Å²) in [7, 11) is 0. The number of unbranched alkanes of at least 4 members (excludes halogenated alkanes) is 1. The summed E-state index contributed by atoms with van der Waals surface area (Å²) < 4.78 is 6.81. The van der Waals surface area contributed by atoms with Gasteiger partial charge in [-0.15, -0.1) is 23.0 Å². The van der Waals surface area contributed by atoms with E-state index in [1.807, 2.05) is 19.2 Å². The summed E-state index contributed by atoms with van der Waals surface area (Å²) in [5.41, 5.74) is 2.18. The van der Waals surface area contributed by atoms with Crippen LogP contribution >= 0.6 is 11.3 Å². The third-order valence-corrected chi connectivity index (χ3v) is 7.69. The lowest BCUT2D eigenvalue weighted by Crippen LogP contribution is -2.57. The third kappa shape index (κ3) is 6.68. The summed E-state index contributed by atoms with van der Waals surface area (Å²) in [5, 5.41) is 15.5. The number of ether oxygens (including phenoxy) is 1. The second kappa shape index (κ2) is 13.0. The van der Waals surface area contributed by atoms with Gasteiger partial charge in [0.25, 0.3) is 0 Å². The van der Waals surface area contributed by atoms with E-state index in [1.165, 1.54) is 5.56 Å². The Balaban J connectivity index is 1.49. The van der Waals surface area contributed by atoms with Crippen LogP contribution in [0.1, 0.15) is 56.6 Å². The predicted octanol–water partition coefficient (Wildman–Crippen LogP) is 4.20. The molecule has 198 valence electrons. The molecule has 0 radical (unpaired) electrons. The number of piperazine rings is 1. The lowest BCUT2D eigenvalue weighted by molar-refractivity contribution is -0.143. The molecule has 10 heteroatoms. The standard InChI is InChI=1S/C27H37N7O2S/c1-5-15-32-18-21(4)33(19-20(32)3)25(27-28-14-17-37-27)22-10-12-23(13-11-22)26-29-30-31-34(26)16-8-7-9-24(35)36-6-2/h5,10-14,17,20-21,25H,1,6-9,15-16,18-19H2,2-4H3/t20-,21+,25+/m1/s1. The van der Waals surface area contributed by atoms with Crippen LogP contribution in [-0.2, 0) is 16.1 Å². The normalized spacial score (nSPS) is 19.5. The zero-order chi connectivity index (χ0) is 26.2. The van der Waals surface area contributed by atoms with E-state index < -0.39 is 0 Å². The van der Waals surface area contributed by atoms with Gasteiger partial charge in [-0.25, -0.2) is 9.67 Å². The van der Waals surface area contributed by atoms with E-state index in [0.29, 0.717) is 31.7 Å². The van der Waals surface area contributed by atoms with Crippen LogP contribution in [0.4, 0.5) is 0 Å². The molecule has 2 aromatic heterocycles. The van der Waals surface area contributed by atoms with Crippen molar-refractivity contribution in [3.63, 3.8) is 0 Å². The molecule has 0 aliphatic carbocycles. The smallest absolute Gasteiger partial charge is 0.305 e. The summed E-state index contributed by atoms with van der Waals surface area (Å²) in [6.45, 7) is 14.3. The summed E-state index contributed by atoms with van der Waals surface area (Å²) in [6.07, 6.45) is 5.83. The van der Waals surface area contributed by atoms with Gasteiger partial charge in [-0.1, -0.05) is 30.3 Å². The fraction of sp³-hybridized carbons (Fsp3) is 0.519. The van der Waals surface area contributed by atoms with E-state index in [2.05, 4.69) is 75.4 Å². The van der Waals surface area contributed by atoms with Crippen LogP contribution in [0, 0.1) is 0 Å². The first-order valence-corrected chi connectivity index (χ1v) is 13.9. The molecule has 3 heterocycles. The number of nitrogens with zero attached hydrogens (tertiary/aromatic N) is 7. The molecule has 1 fully saturated rings. The molecule has 3 atom stereocenters. The van der Waals surface area contributed by atoms with Crippen LogP contribution in [0.3, 0.4) is 0 Å². The molecule has 3 aromatic rings. The maximum absolute atomic E-state index is 11.6. The Hall–Kier alpha value is -2.95. The molecule has 1 aromatic carbocycles. The first kappa shape index (κ1) is 27.1. The average molecular weight is 524 g/mol. The van der Waals surface area contributed by atoms with Crippen molar-refractivity contribution in [2.24, 2.45) is 0 Å². The van der Waals surface area contributed by atoms with Gasteiger partial charge in [0.1, 0.15) is 5.01 Å². The monoisotopic (exact) mass is 523 g/mol. The van der Waals surface area contributed by atoms with Crippen LogP contribution in [-0.4, -0.2) is 79.3 Å². The largest absolute Gasteiger partial charge is 0.466 e. The van der Waals surface area contributed by atoms with Gasteiger partial charge < -0.3 is 4.74 Å². The van der Waals surface area contributed by atoms with Crippen LogP contribution in [0.25, 0.3) is 11.4 Å². The lowest BCUT2D eigenvalue weighted by atomic mass is 9.98. The molecule has 1 saturated heterocycles. The number of benzene rings is 1. The molecule has 4 rings (SSSR count). The molecule has 0 spiro atoms. The van der Waals surface area contributed by atoms with Gasteiger partial charge in [0.15, 0.2) is 5.82 Å². The number of rotatable bonds is 12. The van der Waals surface area contributed by atoms with Crippen molar-refractivity contribution in [2.75, 3.05) is 26.2 Å². The van der Waals surface area contributed by atoms with Crippen molar-refractivity contribution in [3.8, 4) is 11.4 Å². The molecule has 0 N–H and O–H groups in total. The highest BCUT2D eigenvalue weighted by Gasteiger charge is 2.35. The minimum Gasteiger partial charge on any atom is -0.466 e. The molecule has 9 nitrogen and oxygen atoms in total. The van der Waals surface area contributed by atoms with Crippen molar-refractivity contribution < 1.29 is 9.53 Å². The summed E-state index contributed by atoms with van der Waals surface area (Å²) in [5.74, 6) is 0.573. The average Bonchev–Trinajstić information content (AvgIpc) is 3.58. The zero-order valence-electron chi connectivity index (χ0n) is 22.0. The number of aryl methyl sites for hydroxylation is 1. The highest BCUT2D eigenvalue weighted by atomic mass is 32.1. The number of carbonyl (C=O) groups is 1.